The van der Waals surface area contributed by atoms with Crippen molar-refractivity contribution in [2.75, 3.05) is 13.1 Å². The van der Waals surface area contributed by atoms with Crippen LogP contribution in [-0.2, 0) is 6.54 Å². The number of hydrogen-bond donors (Lipinski definition) is 2. The molecule has 2 heteroatoms. The molecule has 3 rings (SSSR count). The maximum Gasteiger partial charge on any atom is 0.0335 e. The Morgan fingerprint density at radius 2 is 2.10 bits per heavy atom. The number of nitrogens with one attached hydrogen (secondary N) is 2. The van der Waals surface area contributed by atoms with Crippen LogP contribution in [0.1, 0.15) is 56.2 Å². The molecule has 0 amide bonds. The summed E-state index contributed by atoms with van der Waals surface area (Å²) in [5.41, 5.74) is 2.99. The van der Waals surface area contributed by atoms with Gasteiger partial charge in [-0.15, -0.1) is 0 Å². The SMILES string of the molecule is CC1CCCC(CNC2CCNCc3ccccc32)C1. The fraction of sp³-hybridized carbons (Fsp3) is 0.667. The zero-order chi connectivity index (χ0) is 13.8. The zero-order valence-corrected chi connectivity index (χ0v) is 12.7. The molecule has 0 spiro atoms. The van der Waals surface area contributed by atoms with Crippen molar-refractivity contribution in [1.29, 1.82) is 0 Å². The summed E-state index contributed by atoms with van der Waals surface area (Å²) in [6.07, 6.45) is 6.91. The van der Waals surface area contributed by atoms with Crippen LogP contribution < -0.4 is 10.6 Å². The first-order chi connectivity index (χ1) is 9.83. The third-order valence-electron chi connectivity index (χ3n) is 5.05. The lowest BCUT2D eigenvalue weighted by Crippen LogP contribution is -2.30. The van der Waals surface area contributed by atoms with Crippen LogP contribution in [-0.4, -0.2) is 13.1 Å². The average Bonchev–Trinajstić information content (AvgIpc) is 2.67. The van der Waals surface area contributed by atoms with Gasteiger partial charge in [0.15, 0.2) is 0 Å². The van der Waals surface area contributed by atoms with E-state index in [1.54, 1.807) is 0 Å². The van der Waals surface area contributed by atoms with Gasteiger partial charge in [0, 0.05) is 12.6 Å². The molecule has 2 N–H and O–H groups in total. The van der Waals surface area contributed by atoms with E-state index in [9.17, 15) is 0 Å². The predicted octanol–water partition coefficient (Wildman–Crippen LogP) is 3.64. The third-order valence-corrected chi connectivity index (χ3v) is 5.05. The van der Waals surface area contributed by atoms with E-state index in [1.165, 1.54) is 49.8 Å². The van der Waals surface area contributed by atoms with Gasteiger partial charge >= 0.3 is 0 Å². The highest BCUT2D eigenvalue weighted by Crippen LogP contribution is 2.29. The number of fused-ring (bicyclic) bond motifs is 1. The maximum atomic E-state index is 3.87. The molecule has 110 valence electrons. The van der Waals surface area contributed by atoms with Gasteiger partial charge < -0.3 is 10.6 Å². The summed E-state index contributed by atoms with van der Waals surface area (Å²) in [6.45, 7) is 5.75. The molecule has 2 aliphatic rings. The molecular weight excluding hydrogens is 244 g/mol. The van der Waals surface area contributed by atoms with Crippen molar-refractivity contribution in [3.05, 3.63) is 35.4 Å². The highest BCUT2D eigenvalue weighted by Gasteiger charge is 2.22. The Balaban J connectivity index is 1.62. The van der Waals surface area contributed by atoms with Crippen LogP contribution >= 0.6 is 0 Å². The van der Waals surface area contributed by atoms with Crippen molar-refractivity contribution in [3.8, 4) is 0 Å². The van der Waals surface area contributed by atoms with E-state index in [2.05, 4.69) is 41.8 Å². The smallest absolute Gasteiger partial charge is 0.0335 e. The lowest BCUT2D eigenvalue weighted by molar-refractivity contribution is 0.265. The maximum absolute atomic E-state index is 3.87. The van der Waals surface area contributed by atoms with E-state index in [-0.39, 0.29) is 0 Å². The fourth-order valence-electron chi connectivity index (χ4n) is 3.93. The molecule has 1 fully saturated rings. The Kier molecular flexibility index (Phi) is 4.74. The molecule has 1 heterocycles. The van der Waals surface area contributed by atoms with Crippen LogP contribution in [0.15, 0.2) is 24.3 Å². The van der Waals surface area contributed by atoms with E-state index in [1.807, 2.05) is 0 Å². The molecule has 3 unspecified atom stereocenters. The Labute approximate surface area is 123 Å². The van der Waals surface area contributed by atoms with E-state index >= 15 is 0 Å². The lowest BCUT2D eigenvalue weighted by Gasteiger charge is -2.29. The fourth-order valence-corrected chi connectivity index (χ4v) is 3.93. The Morgan fingerprint density at radius 3 is 3.00 bits per heavy atom. The molecule has 0 saturated heterocycles. The molecule has 1 aliphatic heterocycles. The van der Waals surface area contributed by atoms with Crippen LogP contribution in [0.4, 0.5) is 0 Å². The quantitative estimate of drug-likeness (QED) is 0.878. The summed E-state index contributed by atoms with van der Waals surface area (Å²) in [6, 6.07) is 9.46. The first kappa shape index (κ1) is 14.1. The molecule has 1 aliphatic carbocycles. The molecule has 1 saturated carbocycles. The largest absolute Gasteiger partial charge is 0.313 e. The van der Waals surface area contributed by atoms with E-state index in [0.29, 0.717) is 6.04 Å². The third kappa shape index (κ3) is 3.42. The second-order valence-electron chi connectivity index (χ2n) is 6.76. The molecule has 20 heavy (non-hydrogen) atoms. The molecule has 2 nitrogen and oxygen atoms in total. The van der Waals surface area contributed by atoms with E-state index in [4.69, 9.17) is 0 Å². The van der Waals surface area contributed by atoms with Gasteiger partial charge in [0.1, 0.15) is 0 Å². The number of benzene rings is 1. The average molecular weight is 272 g/mol. The minimum absolute atomic E-state index is 0.540. The van der Waals surface area contributed by atoms with Crippen LogP contribution in [0.2, 0.25) is 0 Å². The van der Waals surface area contributed by atoms with Gasteiger partial charge in [-0.1, -0.05) is 44.0 Å². The van der Waals surface area contributed by atoms with Crippen LogP contribution in [0.5, 0.6) is 0 Å². The Hall–Kier alpha value is -0.860. The summed E-state index contributed by atoms with van der Waals surface area (Å²) in [5.74, 6) is 1.82. The van der Waals surface area contributed by atoms with Crippen molar-refractivity contribution in [2.45, 2.75) is 51.6 Å². The molecule has 1 aromatic carbocycles. The topological polar surface area (TPSA) is 24.1 Å². The zero-order valence-electron chi connectivity index (χ0n) is 12.7. The summed E-state index contributed by atoms with van der Waals surface area (Å²) in [5, 5.41) is 7.41. The first-order valence-corrected chi connectivity index (χ1v) is 8.35. The van der Waals surface area contributed by atoms with Crippen LogP contribution in [0, 0.1) is 11.8 Å². The van der Waals surface area contributed by atoms with Crippen LogP contribution in [0.25, 0.3) is 0 Å². The van der Waals surface area contributed by atoms with Gasteiger partial charge in [-0.25, -0.2) is 0 Å². The van der Waals surface area contributed by atoms with Gasteiger partial charge in [-0.2, -0.15) is 0 Å². The van der Waals surface area contributed by atoms with Gasteiger partial charge in [0.05, 0.1) is 0 Å². The molecule has 1 aromatic rings. The number of hydrogen-bond acceptors (Lipinski definition) is 2. The normalized spacial score (nSPS) is 30.6. The molecular formula is C18H28N2. The molecule has 0 bridgehead atoms. The summed E-state index contributed by atoms with van der Waals surface area (Å²) >= 11 is 0. The van der Waals surface area contributed by atoms with Crippen molar-refractivity contribution in [2.24, 2.45) is 11.8 Å². The predicted molar refractivity (Wildman–Crippen MR) is 84.6 cm³/mol. The lowest BCUT2D eigenvalue weighted by atomic mass is 9.82. The molecule has 0 radical (unpaired) electrons. The van der Waals surface area contributed by atoms with Gasteiger partial charge in [0.2, 0.25) is 0 Å². The monoisotopic (exact) mass is 272 g/mol. The minimum atomic E-state index is 0.540. The summed E-state index contributed by atoms with van der Waals surface area (Å²) in [4.78, 5) is 0. The van der Waals surface area contributed by atoms with Gasteiger partial charge in [0.25, 0.3) is 0 Å². The molecule has 3 atom stereocenters. The van der Waals surface area contributed by atoms with Crippen molar-refractivity contribution >= 4 is 0 Å². The van der Waals surface area contributed by atoms with Gasteiger partial charge in [-0.3, -0.25) is 0 Å². The Bertz CT molecular complexity index is 429. The van der Waals surface area contributed by atoms with Crippen LogP contribution in [0.3, 0.4) is 0 Å². The molecule has 0 aromatic heterocycles. The summed E-state index contributed by atoms with van der Waals surface area (Å²) < 4.78 is 0. The van der Waals surface area contributed by atoms with E-state index < -0.39 is 0 Å². The summed E-state index contributed by atoms with van der Waals surface area (Å²) in [7, 11) is 0. The Morgan fingerprint density at radius 1 is 1.20 bits per heavy atom. The van der Waals surface area contributed by atoms with E-state index in [0.717, 1.165) is 24.9 Å². The minimum Gasteiger partial charge on any atom is -0.313 e. The van der Waals surface area contributed by atoms with Gasteiger partial charge in [-0.05, 0) is 55.3 Å². The second-order valence-corrected chi connectivity index (χ2v) is 6.76. The second kappa shape index (κ2) is 6.73. The van der Waals surface area contributed by atoms with Crippen molar-refractivity contribution in [1.82, 2.24) is 10.6 Å². The standard InChI is InChI=1S/C18H28N2/c1-14-5-4-6-15(11-14)12-20-18-9-10-19-13-16-7-2-3-8-17(16)18/h2-3,7-8,14-15,18-20H,4-6,9-13H2,1H3. The highest BCUT2D eigenvalue weighted by molar-refractivity contribution is 5.31. The highest BCUT2D eigenvalue weighted by atomic mass is 14.9. The number of rotatable bonds is 3. The first-order valence-electron chi connectivity index (χ1n) is 8.35. The van der Waals surface area contributed by atoms with Crippen molar-refractivity contribution < 1.29 is 0 Å². The van der Waals surface area contributed by atoms with Crippen molar-refractivity contribution in [3.63, 3.8) is 0 Å².